The molecule has 0 radical (unpaired) electrons. The van der Waals surface area contributed by atoms with Gasteiger partial charge in [-0.05, 0) is 6.07 Å². The van der Waals surface area contributed by atoms with Gasteiger partial charge in [-0.2, -0.15) is 5.16 Å². The number of furan rings is 1. The van der Waals surface area contributed by atoms with Gasteiger partial charge in [0.1, 0.15) is 12.0 Å². The number of amides is 1. The lowest BCUT2D eigenvalue weighted by Gasteiger charge is -2.37. The van der Waals surface area contributed by atoms with E-state index in [1.165, 1.54) is 18.6 Å². The number of nitrogens with one attached hydrogen (secondary N) is 1. The van der Waals surface area contributed by atoms with Crippen molar-refractivity contribution in [2.45, 2.75) is 5.92 Å². The molecule has 1 aliphatic heterocycles. The molecule has 0 saturated carbocycles. The molecule has 3 rings (SSSR count). The molecule has 6 nitrogen and oxygen atoms in total. The van der Waals surface area contributed by atoms with Crippen molar-refractivity contribution in [3.8, 4) is 0 Å². The maximum Gasteiger partial charge on any atom is 0.280 e. The van der Waals surface area contributed by atoms with Crippen molar-refractivity contribution in [1.82, 2.24) is 10.1 Å². The molecule has 1 saturated heterocycles. The Morgan fingerprint density at radius 2 is 2.29 bits per heavy atom. The van der Waals surface area contributed by atoms with Crippen LogP contribution in [0.25, 0.3) is 0 Å². The zero-order valence-electron chi connectivity index (χ0n) is 8.88. The van der Waals surface area contributed by atoms with Crippen molar-refractivity contribution in [1.29, 1.82) is 0 Å². The van der Waals surface area contributed by atoms with E-state index in [2.05, 4.69) is 5.16 Å². The van der Waals surface area contributed by atoms with Gasteiger partial charge in [0.15, 0.2) is 0 Å². The van der Waals surface area contributed by atoms with Crippen LogP contribution in [0, 0.1) is 0 Å². The lowest BCUT2D eigenvalue weighted by Crippen LogP contribution is -2.48. The maximum absolute atomic E-state index is 11.8. The first kappa shape index (κ1) is 9.95. The van der Waals surface area contributed by atoms with Crippen LogP contribution >= 0.6 is 0 Å². The van der Waals surface area contributed by atoms with E-state index in [1.807, 2.05) is 0 Å². The fraction of sp³-hybridized carbons (Fsp3) is 0.273. The fourth-order valence-corrected chi connectivity index (χ4v) is 1.89. The summed E-state index contributed by atoms with van der Waals surface area (Å²) in [6.45, 7) is 1.12. The Morgan fingerprint density at radius 3 is 2.88 bits per heavy atom. The van der Waals surface area contributed by atoms with Crippen molar-refractivity contribution < 1.29 is 13.7 Å². The summed E-state index contributed by atoms with van der Waals surface area (Å²) in [6.07, 6.45) is 2.89. The molecule has 3 heterocycles. The molecule has 0 aliphatic carbocycles. The number of carbonyl (C=O) groups is 1. The highest BCUT2D eigenvalue weighted by Crippen LogP contribution is 2.27. The molecule has 2 aromatic heterocycles. The molecule has 1 N–H and O–H groups in total. The van der Waals surface area contributed by atoms with Crippen molar-refractivity contribution in [2.24, 2.45) is 0 Å². The van der Waals surface area contributed by atoms with Crippen LogP contribution in [0.15, 0.2) is 38.4 Å². The Labute approximate surface area is 95.8 Å². The number of hydrogen-bond donors (Lipinski definition) is 1. The third kappa shape index (κ3) is 1.67. The van der Waals surface area contributed by atoms with E-state index >= 15 is 0 Å². The second-order valence-corrected chi connectivity index (χ2v) is 4.03. The molecular formula is C11H10N2O4. The van der Waals surface area contributed by atoms with E-state index in [9.17, 15) is 9.59 Å². The van der Waals surface area contributed by atoms with E-state index in [0.29, 0.717) is 24.4 Å². The summed E-state index contributed by atoms with van der Waals surface area (Å²) >= 11 is 0. The van der Waals surface area contributed by atoms with Gasteiger partial charge in [-0.3, -0.25) is 9.59 Å². The summed E-state index contributed by atoms with van der Waals surface area (Å²) in [5.41, 5.74) is 0.290. The molecule has 0 unspecified atom stereocenters. The normalized spacial score (nSPS) is 15.9. The SMILES string of the molecule is O=C(c1ccoc1)N1CC(c2cc(=O)[nH]o2)C1. The van der Waals surface area contributed by atoms with Crippen LogP contribution in [0.2, 0.25) is 0 Å². The summed E-state index contributed by atoms with van der Waals surface area (Å²) in [7, 11) is 0. The van der Waals surface area contributed by atoms with Crippen LogP contribution in [-0.2, 0) is 0 Å². The Hall–Kier alpha value is -2.24. The fourth-order valence-electron chi connectivity index (χ4n) is 1.89. The van der Waals surface area contributed by atoms with Gasteiger partial charge in [0.2, 0.25) is 0 Å². The van der Waals surface area contributed by atoms with Crippen molar-refractivity contribution >= 4 is 5.91 Å². The predicted molar refractivity (Wildman–Crippen MR) is 56.7 cm³/mol. The molecule has 88 valence electrons. The summed E-state index contributed by atoms with van der Waals surface area (Å²) < 4.78 is 9.85. The minimum Gasteiger partial charge on any atom is -0.472 e. The van der Waals surface area contributed by atoms with Gasteiger partial charge in [-0.1, -0.05) is 0 Å². The number of aromatic nitrogens is 1. The zero-order chi connectivity index (χ0) is 11.8. The summed E-state index contributed by atoms with van der Waals surface area (Å²) in [5.74, 6) is 0.643. The average molecular weight is 234 g/mol. The second kappa shape index (κ2) is 3.65. The van der Waals surface area contributed by atoms with Crippen LogP contribution in [0.3, 0.4) is 0 Å². The van der Waals surface area contributed by atoms with E-state index in [0.717, 1.165) is 0 Å². The van der Waals surface area contributed by atoms with Crippen LogP contribution in [-0.4, -0.2) is 29.1 Å². The van der Waals surface area contributed by atoms with Crippen molar-refractivity contribution in [3.05, 3.63) is 46.3 Å². The third-order valence-electron chi connectivity index (χ3n) is 2.88. The van der Waals surface area contributed by atoms with E-state index in [-0.39, 0.29) is 17.4 Å². The summed E-state index contributed by atoms with van der Waals surface area (Å²) in [5, 5.41) is 2.24. The van der Waals surface area contributed by atoms with Crippen LogP contribution in [0.5, 0.6) is 0 Å². The number of aromatic amines is 1. The molecule has 6 heteroatoms. The van der Waals surface area contributed by atoms with E-state index in [1.54, 1.807) is 11.0 Å². The summed E-state index contributed by atoms with van der Waals surface area (Å²) in [4.78, 5) is 24.4. The second-order valence-electron chi connectivity index (χ2n) is 4.03. The monoisotopic (exact) mass is 234 g/mol. The first-order valence-corrected chi connectivity index (χ1v) is 5.24. The highest BCUT2D eigenvalue weighted by atomic mass is 16.5. The minimum atomic E-state index is -0.250. The van der Waals surface area contributed by atoms with Crippen molar-refractivity contribution in [2.75, 3.05) is 13.1 Å². The number of carbonyl (C=O) groups excluding carboxylic acids is 1. The number of rotatable bonds is 2. The number of hydrogen-bond acceptors (Lipinski definition) is 4. The van der Waals surface area contributed by atoms with E-state index in [4.69, 9.17) is 8.94 Å². The van der Waals surface area contributed by atoms with Gasteiger partial charge >= 0.3 is 0 Å². The third-order valence-corrected chi connectivity index (χ3v) is 2.88. The Bertz CT molecular complexity index is 575. The van der Waals surface area contributed by atoms with Gasteiger partial charge in [0.05, 0.1) is 17.7 Å². The Balaban J connectivity index is 1.65. The molecule has 17 heavy (non-hydrogen) atoms. The first-order valence-electron chi connectivity index (χ1n) is 5.24. The number of nitrogens with zero attached hydrogens (tertiary/aromatic N) is 1. The van der Waals surface area contributed by atoms with Gasteiger partial charge < -0.3 is 13.8 Å². The lowest BCUT2D eigenvalue weighted by molar-refractivity contribution is 0.0574. The van der Waals surface area contributed by atoms with Crippen LogP contribution in [0.4, 0.5) is 0 Å². The van der Waals surface area contributed by atoms with Crippen LogP contribution < -0.4 is 5.56 Å². The highest BCUT2D eigenvalue weighted by molar-refractivity contribution is 5.94. The van der Waals surface area contributed by atoms with Gasteiger partial charge in [0.25, 0.3) is 11.5 Å². The molecule has 0 spiro atoms. The largest absolute Gasteiger partial charge is 0.472 e. The smallest absolute Gasteiger partial charge is 0.280 e. The van der Waals surface area contributed by atoms with Gasteiger partial charge in [-0.15, -0.1) is 0 Å². The topological polar surface area (TPSA) is 79.5 Å². The molecule has 0 aromatic carbocycles. The Kier molecular flexibility index (Phi) is 2.14. The number of H-pyrrole nitrogens is 1. The average Bonchev–Trinajstić information content (AvgIpc) is 2.86. The van der Waals surface area contributed by atoms with Gasteiger partial charge in [0, 0.05) is 19.2 Å². The maximum atomic E-state index is 11.8. The van der Waals surface area contributed by atoms with Crippen LogP contribution in [0.1, 0.15) is 22.0 Å². The number of likely N-dealkylation sites (tertiary alicyclic amines) is 1. The highest BCUT2D eigenvalue weighted by Gasteiger charge is 2.34. The zero-order valence-corrected chi connectivity index (χ0v) is 8.88. The minimum absolute atomic E-state index is 0.0621. The molecule has 0 bridgehead atoms. The molecular weight excluding hydrogens is 224 g/mol. The predicted octanol–water partition coefficient (Wildman–Crippen LogP) is 0.800. The summed E-state index contributed by atoms with van der Waals surface area (Å²) in [6, 6.07) is 3.05. The standard InChI is InChI=1S/C11H10N2O4/c14-10-3-9(17-12-10)8-4-13(5-8)11(15)7-1-2-16-6-7/h1-3,6,8H,4-5H2,(H,12,14). The lowest BCUT2D eigenvalue weighted by atomic mass is 9.96. The molecule has 1 amide bonds. The van der Waals surface area contributed by atoms with Gasteiger partial charge in [-0.25, -0.2) is 0 Å². The quantitative estimate of drug-likeness (QED) is 0.833. The van der Waals surface area contributed by atoms with E-state index < -0.39 is 0 Å². The molecule has 1 aliphatic rings. The molecule has 2 aromatic rings. The van der Waals surface area contributed by atoms with Crippen molar-refractivity contribution in [3.63, 3.8) is 0 Å². The molecule has 1 fully saturated rings. The molecule has 0 atom stereocenters. The first-order chi connectivity index (χ1) is 8.24. The Morgan fingerprint density at radius 1 is 1.47 bits per heavy atom.